The van der Waals surface area contributed by atoms with Crippen molar-refractivity contribution in [2.75, 3.05) is 19.4 Å². The van der Waals surface area contributed by atoms with Gasteiger partial charge in [-0.3, -0.25) is 4.79 Å². The second-order valence-electron chi connectivity index (χ2n) is 4.84. The SMILES string of the molecule is CSC(C)CCNC(=O)c1cccc(C#CCCO)c1C. The molecule has 0 heterocycles. The lowest BCUT2D eigenvalue weighted by atomic mass is 10.0. The lowest BCUT2D eigenvalue weighted by molar-refractivity contribution is 0.0952. The maximum Gasteiger partial charge on any atom is 0.251 e. The zero-order valence-corrected chi connectivity index (χ0v) is 13.7. The lowest BCUT2D eigenvalue weighted by Gasteiger charge is -2.11. The van der Waals surface area contributed by atoms with Gasteiger partial charge in [0.25, 0.3) is 5.91 Å². The van der Waals surface area contributed by atoms with Crippen LogP contribution in [-0.2, 0) is 0 Å². The summed E-state index contributed by atoms with van der Waals surface area (Å²) < 4.78 is 0. The van der Waals surface area contributed by atoms with Crippen molar-refractivity contribution >= 4 is 17.7 Å². The topological polar surface area (TPSA) is 49.3 Å². The van der Waals surface area contributed by atoms with Crippen LogP contribution in [0.25, 0.3) is 0 Å². The maximum absolute atomic E-state index is 12.2. The zero-order chi connectivity index (χ0) is 15.7. The molecule has 0 aliphatic carbocycles. The summed E-state index contributed by atoms with van der Waals surface area (Å²) in [5, 5.41) is 12.3. The summed E-state index contributed by atoms with van der Waals surface area (Å²) in [5.74, 6) is 5.84. The highest BCUT2D eigenvalue weighted by Gasteiger charge is 2.10. The molecule has 1 unspecified atom stereocenters. The van der Waals surface area contributed by atoms with Crippen molar-refractivity contribution in [2.45, 2.75) is 31.9 Å². The summed E-state index contributed by atoms with van der Waals surface area (Å²) in [6.07, 6.45) is 3.48. The summed E-state index contributed by atoms with van der Waals surface area (Å²) in [6, 6.07) is 5.56. The normalized spacial score (nSPS) is 11.4. The number of hydrogen-bond donors (Lipinski definition) is 2. The van der Waals surface area contributed by atoms with E-state index in [9.17, 15) is 4.79 Å². The molecule has 1 aromatic carbocycles. The van der Waals surface area contributed by atoms with Crippen LogP contribution in [-0.4, -0.2) is 35.7 Å². The zero-order valence-electron chi connectivity index (χ0n) is 12.9. The number of benzene rings is 1. The number of rotatable bonds is 6. The van der Waals surface area contributed by atoms with E-state index in [4.69, 9.17) is 5.11 Å². The second kappa shape index (κ2) is 9.49. The molecule has 0 bridgehead atoms. The van der Waals surface area contributed by atoms with Gasteiger partial charge in [0, 0.05) is 29.3 Å². The third-order valence-electron chi connectivity index (χ3n) is 3.28. The molecule has 1 amide bonds. The van der Waals surface area contributed by atoms with Crippen LogP contribution >= 0.6 is 11.8 Å². The molecule has 0 fully saturated rings. The molecule has 3 nitrogen and oxygen atoms in total. The number of aliphatic hydroxyl groups excluding tert-OH is 1. The number of hydrogen-bond acceptors (Lipinski definition) is 3. The fourth-order valence-corrected chi connectivity index (χ4v) is 2.19. The summed E-state index contributed by atoms with van der Waals surface area (Å²) in [5.41, 5.74) is 2.40. The van der Waals surface area contributed by atoms with Crippen LogP contribution in [0.3, 0.4) is 0 Å². The Morgan fingerprint density at radius 2 is 2.24 bits per heavy atom. The van der Waals surface area contributed by atoms with E-state index in [0.29, 0.717) is 23.8 Å². The van der Waals surface area contributed by atoms with E-state index >= 15 is 0 Å². The van der Waals surface area contributed by atoms with Gasteiger partial charge in [-0.1, -0.05) is 24.8 Å². The predicted molar refractivity (Wildman–Crippen MR) is 89.7 cm³/mol. The molecule has 114 valence electrons. The molecule has 0 aromatic heterocycles. The first-order valence-electron chi connectivity index (χ1n) is 7.10. The number of carbonyl (C=O) groups excluding carboxylic acids is 1. The first-order chi connectivity index (χ1) is 10.1. The van der Waals surface area contributed by atoms with Crippen LogP contribution in [0.4, 0.5) is 0 Å². The molecule has 0 saturated heterocycles. The molecule has 0 aliphatic rings. The van der Waals surface area contributed by atoms with Crippen molar-refractivity contribution in [1.29, 1.82) is 0 Å². The Hall–Kier alpha value is -1.44. The number of thioether (sulfide) groups is 1. The number of aliphatic hydroxyl groups is 1. The van der Waals surface area contributed by atoms with E-state index in [2.05, 4.69) is 30.3 Å². The Morgan fingerprint density at radius 3 is 2.90 bits per heavy atom. The fourth-order valence-electron chi connectivity index (χ4n) is 1.83. The molecule has 0 saturated carbocycles. The Morgan fingerprint density at radius 1 is 1.48 bits per heavy atom. The molecule has 2 N–H and O–H groups in total. The van der Waals surface area contributed by atoms with Crippen LogP contribution in [0.2, 0.25) is 0 Å². The average molecular weight is 305 g/mol. The molecule has 1 aromatic rings. The average Bonchev–Trinajstić information content (AvgIpc) is 2.48. The van der Waals surface area contributed by atoms with E-state index in [1.807, 2.05) is 25.1 Å². The van der Waals surface area contributed by atoms with Gasteiger partial charge in [-0.2, -0.15) is 11.8 Å². The first kappa shape index (κ1) is 17.6. The molecule has 0 aliphatic heterocycles. The van der Waals surface area contributed by atoms with Gasteiger partial charge in [0.1, 0.15) is 0 Å². The number of carbonyl (C=O) groups is 1. The van der Waals surface area contributed by atoms with Crippen molar-refractivity contribution in [3.05, 3.63) is 34.9 Å². The van der Waals surface area contributed by atoms with Gasteiger partial charge in [0.15, 0.2) is 0 Å². The van der Waals surface area contributed by atoms with E-state index in [-0.39, 0.29) is 12.5 Å². The number of amides is 1. The largest absolute Gasteiger partial charge is 0.395 e. The summed E-state index contributed by atoms with van der Waals surface area (Å²) >= 11 is 1.80. The van der Waals surface area contributed by atoms with Crippen molar-refractivity contribution in [3.8, 4) is 11.8 Å². The molecule has 0 radical (unpaired) electrons. The molecule has 1 rings (SSSR count). The van der Waals surface area contributed by atoms with Crippen molar-refractivity contribution in [3.63, 3.8) is 0 Å². The summed E-state index contributed by atoms with van der Waals surface area (Å²) in [7, 11) is 0. The number of nitrogens with one attached hydrogen (secondary N) is 1. The Kier molecular flexibility index (Phi) is 7.96. The molecule has 1 atom stereocenters. The standard InChI is InChI=1S/C17H23NO2S/c1-13(21-3)10-11-18-17(20)16-9-6-8-15(14(16)2)7-4-5-12-19/h6,8-9,13,19H,5,10-12H2,1-3H3,(H,18,20). The van der Waals surface area contributed by atoms with Crippen LogP contribution in [0.5, 0.6) is 0 Å². The van der Waals surface area contributed by atoms with Crippen molar-refractivity contribution in [1.82, 2.24) is 5.32 Å². The van der Waals surface area contributed by atoms with Gasteiger partial charge >= 0.3 is 0 Å². The molecular formula is C17H23NO2S. The lowest BCUT2D eigenvalue weighted by Crippen LogP contribution is -2.26. The van der Waals surface area contributed by atoms with Gasteiger partial charge in [0.05, 0.1) is 6.61 Å². The van der Waals surface area contributed by atoms with Crippen LogP contribution < -0.4 is 5.32 Å². The molecule has 4 heteroatoms. The summed E-state index contributed by atoms with van der Waals surface area (Å²) in [4.78, 5) is 12.2. The first-order valence-corrected chi connectivity index (χ1v) is 8.39. The van der Waals surface area contributed by atoms with Gasteiger partial charge in [0.2, 0.25) is 0 Å². The van der Waals surface area contributed by atoms with Gasteiger partial charge in [-0.05, 0) is 37.3 Å². The highest BCUT2D eigenvalue weighted by Crippen LogP contribution is 2.13. The minimum absolute atomic E-state index is 0.0494. The Labute approximate surface area is 131 Å². The molecule has 21 heavy (non-hydrogen) atoms. The van der Waals surface area contributed by atoms with E-state index < -0.39 is 0 Å². The minimum Gasteiger partial charge on any atom is -0.395 e. The molecule has 0 spiro atoms. The van der Waals surface area contributed by atoms with Gasteiger partial charge in [-0.25, -0.2) is 0 Å². The van der Waals surface area contributed by atoms with Crippen molar-refractivity contribution in [2.24, 2.45) is 0 Å². The van der Waals surface area contributed by atoms with Gasteiger partial charge < -0.3 is 10.4 Å². The van der Waals surface area contributed by atoms with Crippen LogP contribution in [0.15, 0.2) is 18.2 Å². The highest BCUT2D eigenvalue weighted by molar-refractivity contribution is 7.99. The van der Waals surface area contributed by atoms with Crippen molar-refractivity contribution < 1.29 is 9.90 Å². The quantitative estimate of drug-likeness (QED) is 0.794. The Bertz CT molecular complexity index is 531. The minimum atomic E-state index is -0.0494. The van der Waals surface area contributed by atoms with E-state index in [0.717, 1.165) is 17.5 Å². The predicted octanol–water partition coefficient (Wildman–Crippen LogP) is 2.60. The fraction of sp³-hybridized carbons (Fsp3) is 0.471. The van der Waals surface area contributed by atoms with Crippen LogP contribution in [0.1, 0.15) is 41.3 Å². The van der Waals surface area contributed by atoms with Gasteiger partial charge in [-0.15, -0.1) is 0 Å². The van der Waals surface area contributed by atoms with E-state index in [1.165, 1.54) is 0 Å². The monoisotopic (exact) mass is 305 g/mol. The third kappa shape index (κ3) is 5.82. The maximum atomic E-state index is 12.2. The highest BCUT2D eigenvalue weighted by atomic mass is 32.2. The molecular weight excluding hydrogens is 282 g/mol. The second-order valence-corrected chi connectivity index (χ2v) is 6.12. The Balaban J connectivity index is 2.72. The third-order valence-corrected chi connectivity index (χ3v) is 4.32. The van der Waals surface area contributed by atoms with Crippen LogP contribution in [0, 0.1) is 18.8 Å². The van der Waals surface area contributed by atoms with E-state index in [1.54, 1.807) is 11.8 Å². The smallest absolute Gasteiger partial charge is 0.251 e. The summed E-state index contributed by atoms with van der Waals surface area (Å²) in [6.45, 7) is 4.79.